The molecule has 1 unspecified atom stereocenters. The molecule has 2 N–H and O–H groups in total. The van der Waals surface area contributed by atoms with Crippen molar-refractivity contribution in [3.8, 4) is 12.3 Å². The molecule has 0 bridgehead atoms. The Morgan fingerprint density at radius 2 is 1.88 bits per heavy atom. The largest absolute Gasteiger partial charge is 0.459 e. The van der Waals surface area contributed by atoms with Crippen molar-refractivity contribution in [2.24, 2.45) is 17.6 Å². The van der Waals surface area contributed by atoms with Crippen LogP contribution in [0.3, 0.4) is 0 Å². The summed E-state index contributed by atoms with van der Waals surface area (Å²) in [6, 6.07) is -0.507. The van der Waals surface area contributed by atoms with Crippen LogP contribution < -0.4 is 5.73 Å². The van der Waals surface area contributed by atoms with Gasteiger partial charge in [-0.3, -0.25) is 4.79 Å². The lowest BCUT2D eigenvalue weighted by Gasteiger charge is -2.30. The highest BCUT2D eigenvalue weighted by Crippen LogP contribution is 2.30. The van der Waals surface area contributed by atoms with Crippen LogP contribution in [0.25, 0.3) is 0 Å². The van der Waals surface area contributed by atoms with Crippen LogP contribution in [-0.4, -0.2) is 17.6 Å². The van der Waals surface area contributed by atoms with Gasteiger partial charge in [-0.25, -0.2) is 0 Å². The summed E-state index contributed by atoms with van der Waals surface area (Å²) in [6.07, 6.45) is 9.19. The number of hydrogen-bond acceptors (Lipinski definition) is 3. The van der Waals surface area contributed by atoms with Gasteiger partial charge in [-0.15, -0.1) is 12.3 Å². The van der Waals surface area contributed by atoms with Crippen molar-refractivity contribution in [2.75, 3.05) is 0 Å². The predicted molar refractivity (Wildman–Crippen MR) is 68.1 cm³/mol. The Bertz CT molecular complexity index is 303. The summed E-state index contributed by atoms with van der Waals surface area (Å²) in [6.45, 7) is 5.56. The fourth-order valence-corrected chi connectivity index (χ4v) is 2.21. The highest BCUT2D eigenvalue weighted by atomic mass is 16.6. The van der Waals surface area contributed by atoms with Gasteiger partial charge in [0.15, 0.2) is 0 Å². The van der Waals surface area contributed by atoms with Crippen molar-refractivity contribution >= 4 is 5.97 Å². The molecule has 3 nitrogen and oxygen atoms in total. The van der Waals surface area contributed by atoms with E-state index in [1.54, 1.807) is 0 Å². The number of ether oxygens (including phenoxy) is 1. The molecule has 0 saturated heterocycles. The molecule has 1 aliphatic carbocycles. The number of nitrogens with two attached hydrogens (primary N) is 1. The monoisotopic (exact) mass is 237 g/mol. The van der Waals surface area contributed by atoms with Crippen molar-refractivity contribution in [3.05, 3.63) is 0 Å². The van der Waals surface area contributed by atoms with E-state index in [0.717, 1.165) is 25.7 Å². The summed E-state index contributed by atoms with van der Waals surface area (Å²) < 4.78 is 5.30. The second-order valence-electron chi connectivity index (χ2n) is 5.84. The van der Waals surface area contributed by atoms with Gasteiger partial charge in [0.2, 0.25) is 0 Å². The highest BCUT2D eigenvalue weighted by molar-refractivity contribution is 5.76. The molecular formula is C14H23NO2. The molecule has 0 radical (unpaired) electrons. The van der Waals surface area contributed by atoms with E-state index in [2.05, 4.69) is 5.92 Å². The molecule has 1 aliphatic rings. The van der Waals surface area contributed by atoms with Crippen molar-refractivity contribution < 1.29 is 9.53 Å². The molecule has 0 aromatic heterocycles. The molecule has 96 valence electrons. The first-order valence-electron chi connectivity index (χ1n) is 6.28. The molecule has 0 aliphatic heterocycles. The van der Waals surface area contributed by atoms with Gasteiger partial charge in [0.25, 0.3) is 0 Å². The van der Waals surface area contributed by atoms with E-state index in [0.29, 0.717) is 5.92 Å². The third-order valence-electron chi connectivity index (χ3n) is 3.19. The van der Waals surface area contributed by atoms with E-state index < -0.39 is 11.6 Å². The second-order valence-corrected chi connectivity index (χ2v) is 5.84. The Kier molecular flexibility index (Phi) is 4.59. The molecule has 0 aromatic carbocycles. The Morgan fingerprint density at radius 1 is 1.35 bits per heavy atom. The Labute approximate surface area is 104 Å². The summed E-state index contributed by atoms with van der Waals surface area (Å²) in [7, 11) is 0. The number of terminal acetylenes is 1. The zero-order valence-electron chi connectivity index (χ0n) is 11.0. The smallest absolute Gasteiger partial charge is 0.323 e. The van der Waals surface area contributed by atoms with Gasteiger partial charge < -0.3 is 10.5 Å². The summed E-state index contributed by atoms with van der Waals surface area (Å²) >= 11 is 0. The third-order valence-corrected chi connectivity index (χ3v) is 3.19. The number of rotatable bonds is 2. The van der Waals surface area contributed by atoms with Crippen molar-refractivity contribution in [3.63, 3.8) is 0 Å². The minimum absolute atomic E-state index is 0.217. The van der Waals surface area contributed by atoms with Crippen LogP contribution in [-0.2, 0) is 9.53 Å². The lowest BCUT2D eigenvalue weighted by molar-refractivity contribution is -0.158. The van der Waals surface area contributed by atoms with Gasteiger partial charge in [0, 0.05) is 5.92 Å². The van der Waals surface area contributed by atoms with Gasteiger partial charge in [0.1, 0.15) is 11.6 Å². The SMILES string of the molecule is C#CC1CCC(C(N)C(=O)OC(C)(C)C)CC1. The molecule has 0 amide bonds. The number of carbonyl (C=O) groups is 1. The molecule has 1 fully saturated rings. The maximum atomic E-state index is 11.8. The van der Waals surface area contributed by atoms with Crippen LogP contribution in [0.1, 0.15) is 46.5 Å². The first-order chi connectivity index (χ1) is 7.83. The lowest BCUT2D eigenvalue weighted by Crippen LogP contribution is -2.43. The van der Waals surface area contributed by atoms with Gasteiger partial charge in [-0.2, -0.15) is 0 Å². The van der Waals surface area contributed by atoms with Crippen LogP contribution in [0.5, 0.6) is 0 Å². The second kappa shape index (κ2) is 5.55. The van der Waals surface area contributed by atoms with Gasteiger partial charge in [0.05, 0.1) is 0 Å². The summed E-state index contributed by atoms with van der Waals surface area (Å²) in [5.41, 5.74) is 5.49. The van der Waals surface area contributed by atoms with Crippen molar-refractivity contribution in [2.45, 2.75) is 58.1 Å². The molecule has 1 rings (SSSR count). The fourth-order valence-electron chi connectivity index (χ4n) is 2.21. The molecule has 0 aromatic rings. The van der Waals surface area contributed by atoms with Gasteiger partial charge in [-0.1, -0.05) is 0 Å². The standard InChI is InChI=1S/C14H23NO2/c1-5-10-6-8-11(9-7-10)12(15)13(16)17-14(2,3)4/h1,10-12H,6-9,15H2,2-4H3. The number of carbonyl (C=O) groups excluding carboxylic acids is 1. The molecule has 3 heteroatoms. The van der Waals surface area contributed by atoms with Gasteiger partial charge in [-0.05, 0) is 52.4 Å². The van der Waals surface area contributed by atoms with Crippen LogP contribution in [0, 0.1) is 24.2 Å². The average molecular weight is 237 g/mol. The van der Waals surface area contributed by atoms with Crippen molar-refractivity contribution in [1.29, 1.82) is 0 Å². The van der Waals surface area contributed by atoms with E-state index in [1.165, 1.54) is 0 Å². The Balaban J connectivity index is 2.46. The zero-order chi connectivity index (χ0) is 13.1. The van der Waals surface area contributed by atoms with Crippen LogP contribution >= 0.6 is 0 Å². The highest BCUT2D eigenvalue weighted by Gasteiger charge is 2.31. The first-order valence-corrected chi connectivity index (χ1v) is 6.28. The van der Waals surface area contributed by atoms with Crippen LogP contribution in [0.4, 0.5) is 0 Å². The molecule has 1 atom stereocenters. The van der Waals surface area contributed by atoms with E-state index >= 15 is 0 Å². The first kappa shape index (κ1) is 14.1. The predicted octanol–water partition coefficient (Wildman–Crippen LogP) is 2.09. The number of hydrogen-bond donors (Lipinski definition) is 1. The normalized spacial score (nSPS) is 27.0. The summed E-state index contributed by atoms with van der Waals surface area (Å²) in [5, 5.41) is 0. The maximum absolute atomic E-state index is 11.8. The molecule has 0 heterocycles. The lowest BCUT2D eigenvalue weighted by atomic mass is 9.79. The molecule has 0 spiro atoms. The van der Waals surface area contributed by atoms with E-state index in [4.69, 9.17) is 16.9 Å². The summed E-state index contributed by atoms with van der Waals surface area (Å²) in [4.78, 5) is 11.8. The topological polar surface area (TPSA) is 52.3 Å². The summed E-state index contributed by atoms with van der Waals surface area (Å²) in [5.74, 6) is 3.06. The van der Waals surface area contributed by atoms with E-state index in [9.17, 15) is 4.79 Å². The number of esters is 1. The average Bonchev–Trinajstić information content (AvgIpc) is 2.26. The molecule has 1 saturated carbocycles. The van der Waals surface area contributed by atoms with Crippen LogP contribution in [0.2, 0.25) is 0 Å². The van der Waals surface area contributed by atoms with Gasteiger partial charge >= 0.3 is 5.97 Å². The van der Waals surface area contributed by atoms with Crippen molar-refractivity contribution in [1.82, 2.24) is 0 Å². The Morgan fingerprint density at radius 3 is 2.29 bits per heavy atom. The quantitative estimate of drug-likeness (QED) is 0.591. The minimum Gasteiger partial charge on any atom is -0.459 e. The Hall–Kier alpha value is -1.01. The molecular weight excluding hydrogens is 214 g/mol. The third kappa shape index (κ3) is 4.40. The van der Waals surface area contributed by atoms with E-state index in [1.807, 2.05) is 20.8 Å². The minimum atomic E-state index is -0.507. The van der Waals surface area contributed by atoms with E-state index in [-0.39, 0.29) is 11.9 Å². The fraction of sp³-hybridized carbons (Fsp3) is 0.786. The molecule has 17 heavy (non-hydrogen) atoms. The van der Waals surface area contributed by atoms with Crippen LogP contribution in [0.15, 0.2) is 0 Å². The maximum Gasteiger partial charge on any atom is 0.323 e. The zero-order valence-corrected chi connectivity index (χ0v) is 11.0.